The second kappa shape index (κ2) is 7.20. The molecule has 0 saturated carbocycles. The van der Waals surface area contributed by atoms with E-state index in [2.05, 4.69) is 25.9 Å². The average molecular weight is 410 g/mol. The van der Waals surface area contributed by atoms with E-state index in [4.69, 9.17) is 5.73 Å². The van der Waals surface area contributed by atoms with Crippen LogP contribution in [0.2, 0.25) is 0 Å². The van der Waals surface area contributed by atoms with Gasteiger partial charge in [-0.25, -0.2) is 0 Å². The maximum absolute atomic E-state index is 5.35. The second-order valence-corrected chi connectivity index (χ2v) is 4.45. The minimum atomic E-state index is 0.640. The van der Waals surface area contributed by atoms with Gasteiger partial charge >= 0.3 is 64.5 Å². The Bertz CT molecular complexity index is 511. The topological polar surface area (TPSA) is 35.9 Å². The summed E-state index contributed by atoms with van der Waals surface area (Å²) in [6.07, 6.45) is 5.74. The van der Waals surface area contributed by atoms with Crippen LogP contribution in [0.1, 0.15) is 5.56 Å². The molecule has 2 N–H and O–H groups in total. The minimum Gasteiger partial charge on any atom is -0.326 e. The molecule has 0 spiro atoms. The summed E-state index contributed by atoms with van der Waals surface area (Å²) in [5.41, 5.74) is 6.54. The van der Waals surface area contributed by atoms with Gasteiger partial charge in [0, 0.05) is 6.54 Å². The number of aromatic nitrogens is 2. The molecule has 1 heterocycles. The van der Waals surface area contributed by atoms with E-state index in [1.165, 1.54) is 5.56 Å². The van der Waals surface area contributed by atoms with Crippen molar-refractivity contribution in [2.24, 2.45) is 12.8 Å². The molecule has 4 heteroatoms. The summed E-state index contributed by atoms with van der Waals surface area (Å²) in [7, 11) is 2.00. The zero-order chi connectivity index (χ0) is 12.7. The van der Waals surface area contributed by atoms with E-state index in [-0.39, 0.29) is 0 Å². The molecule has 0 saturated heterocycles. The van der Waals surface area contributed by atoms with Crippen molar-refractivity contribution in [3.63, 3.8) is 0 Å². The van der Waals surface area contributed by atoms with Crippen molar-refractivity contribution < 1.29 is 19.4 Å². The Morgan fingerprint density at radius 3 is 2.24 bits per heavy atom. The first kappa shape index (κ1) is 13.9. The molecule has 3 nitrogen and oxygen atoms in total. The molecule has 0 fully saturated rings. The van der Waals surface area contributed by atoms with E-state index < -0.39 is 0 Å². The van der Waals surface area contributed by atoms with Crippen molar-refractivity contribution in [3.05, 3.63) is 58.7 Å². The van der Waals surface area contributed by atoms with Crippen molar-refractivity contribution in [1.82, 2.24) is 9.13 Å². The number of nitrogens with zero attached hydrogens (tertiary/aromatic N) is 2. The minimum absolute atomic E-state index is 0.640. The van der Waals surface area contributed by atoms with Crippen LogP contribution in [0.15, 0.2) is 49.3 Å². The van der Waals surface area contributed by atoms with E-state index >= 15 is 0 Å². The Balaban J connectivity index is 0.000000171. The maximum atomic E-state index is 5.35. The molecule has 0 amide bonds. The number of rotatable bonds is 2. The van der Waals surface area contributed by atoms with Gasteiger partial charge in [-0.3, -0.25) is 0 Å². The van der Waals surface area contributed by atoms with E-state index in [1.807, 2.05) is 58.9 Å². The van der Waals surface area contributed by atoms with Crippen LogP contribution in [0.5, 0.6) is 0 Å². The van der Waals surface area contributed by atoms with Gasteiger partial charge < -0.3 is 5.73 Å². The number of hydrogen-bond acceptors (Lipinski definition) is 1. The predicted molar refractivity (Wildman–Crippen MR) is 67.4 cm³/mol. The van der Waals surface area contributed by atoms with Gasteiger partial charge in [0.25, 0.3) is 0 Å². The second-order valence-electron chi connectivity index (χ2n) is 3.43. The Morgan fingerprint density at radius 1 is 1.29 bits per heavy atom. The first-order chi connectivity index (χ1) is 8.19. The number of nitrogens with two attached hydrogens (primary N) is 1. The van der Waals surface area contributed by atoms with Crippen LogP contribution >= 0.6 is 0 Å². The fourth-order valence-corrected chi connectivity index (χ4v) is 1.76. The van der Waals surface area contributed by atoms with Crippen molar-refractivity contribution in [2.75, 3.05) is 0 Å². The van der Waals surface area contributed by atoms with Crippen LogP contribution < -0.4 is 5.73 Å². The van der Waals surface area contributed by atoms with Gasteiger partial charge in [0.05, 0.1) is 0 Å². The first-order valence-corrected chi connectivity index (χ1v) is 6.38. The van der Waals surface area contributed by atoms with Gasteiger partial charge in [0.15, 0.2) is 0 Å². The monoisotopic (exact) mass is 410 g/mol. The molecule has 17 heavy (non-hydrogen) atoms. The number of aryl methyl sites for hydroxylation is 1. The number of imidazole rings is 1. The summed E-state index contributed by atoms with van der Waals surface area (Å²) < 4.78 is 5.15. The number of benzene rings is 1. The summed E-state index contributed by atoms with van der Waals surface area (Å²) in [5.74, 6) is 0. The van der Waals surface area contributed by atoms with Crippen LogP contribution in [-0.4, -0.2) is 9.13 Å². The Kier molecular flexibility index (Phi) is 5.88. The van der Waals surface area contributed by atoms with Crippen molar-refractivity contribution in [1.29, 1.82) is 0 Å². The van der Waals surface area contributed by atoms with Crippen LogP contribution in [0.25, 0.3) is 6.20 Å². The Labute approximate surface area is 113 Å². The first-order valence-electron chi connectivity index (χ1n) is 5.24. The zero-order valence-corrected chi connectivity index (χ0v) is 12.1. The fourth-order valence-electron chi connectivity index (χ4n) is 1.21. The maximum Gasteiger partial charge on any atom is 0.0178 e. The molecule has 0 aliphatic heterocycles. The van der Waals surface area contributed by atoms with Gasteiger partial charge in [-0.2, -0.15) is 0 Å². The quantitative estimate of drug-likeness (QED) is 0.810. The summed E-state index contributed by atoms with van der Waals surface area (Å²) >= 11 is 2.24. The molecule has 1 aromatic heterocycles. The summed E-state index contributed by atoms with van der Waals surface area (Å²) in [6, 6.07) is 9.99. The van der Waals surface area contributed by atoms with Crippen LogP contribution in [0.4, 0.5) is 0 Å². The Morgan fingerprint density at radius 2 is 1.94 bits per heavy atom. The molecule has 2 rings (SSSR count). The van der Waals surface area contributed by atoms with Gasteiger partial charge in [-0.15, -0.1) is 0 Å². The summed E-state index contributed by atoms with van der Waals surface area (Å²) in [4.78, 5) is 0. The van der Waals surface area contributed by atoms with Gasteiger partial charge in [-0.1, -0.05) is 30.3 Å². The van der Waals surface area contributed by atoms with Crippen LogP contribution in [0, 0.1) is 3.80 Å². The van der Waals surface area contributed by atoms with E-state index in [1.54, 1.807) is 6.20 Å². The van der Waals surface area contributed by atoms with Gasteiger partial charge in [0.2, 0.25) is 0 Å². The smallest absolute Gasteiger partial charge is 0.0178 e. The summed E-state index contributed by atoms with van der Waals surface area (Å²) in [5, 5.41) is 0. The van der Waals surface area contributed by atoms with E-state index in [9.17, 15) is 0 Å². The predicted octanol–water partition coefficient (Wildman–Crippen LogP) is 2.15. The van der Waals surface area contributed by atoms with E-state index in [0.29, 0.717) is 6.54 Å². The number of hydrogen-bond donors (Lipinski definition) is 1. The molecule has 0 atom stereocenters. The molecule has 0 unspecified atom stereocenters. The third-order valence-corrected chi connectivity index (χ3v) is 3.58. The molecule has 1 aromatic carbocycles. The summed E-state index contributed by atoms with van der Waals surface area (Å²) in [6.45, 7) is 4.29. The third-order valence-electron chi connectivity index (χ3n) is 2.19. The molecular formula is C13H17N3Pt. The third kappa shape index (κ3) is 4.29. The molecular weight excluding hydrogens is 393 g/mol. The van der Waals surface area contributed by atoms with Crippen molar-refractivity contribution in [2.45, 2.75) is 6.54 Å². The van der Waals surface area contributed by atoms with Crippen LogP contribution in [-0.2, 0) is 32.9 Å². The van der Waals surface area contributed by atoms with Crippen molar-refractivity contribution >= 4 is 6.20 Å². The standard InChI is InChI=1S/C7H9N.C6H8N2.Pt/c8-6-7-4-2-1-3-5-7;1-3-8-5-4-7(2)6-8;/h1-5H,6,8H2;3-5H,1H2,2H3;. The van der Waals surface area contributed by atoms with Crippen molar-refractivity contribution in [3.8, 4) is 0 Å². The molecule has 0 radical (unpaired) electrons. The van der Waals surface area contributed by atoms with E-state index in [0.717, 1.165) is 3.80 Å². The van der Waals surface area contributed by atoms with Gasteiger partial charge in [-0.05, 0) is 5.56 Å². The molecule has 94 valence electrons. The normalized spacial score (nSPS) is 9.41. The molecule has 0 aliphatic carbocycles. The van der Waals surface area contributed by atoms with Gasteiger partial charge in [0.1, 0.15) is 0 Å². The average Bonchev–Trinajstić information content (AvgIpc) is 2.71. The zero-order valence-electron chi connectivity index (χ0n) is 9.82. The van der Waals surface area contributed by atoms with Crippen LogP contribution in [0.3, 0.4) is 0 Å². The molecule has 0 bridgehead atoms. The SMILES string of the molecule is C=Cn1ccn(C)[c]1=[Pt].NCc1ccccc1. The molecule has 2 aromatic rings. The Hall–Kier alpha value is -1.18. The fraction of sp³-hybridized carbons (Fsp3) is 0.154. The largest absolute Gasteiger partial charge is 0.326 e. The molecule has 0 aliphatic rings.